The average molecular weight is 639 g/mol. The zero-order valence-electron chi connectivity index (χ0n) is 20.8. The van der Waals surface area contributed by atoms with Crippen LogP contribution in [-0.2, 0) is 38.2 Å². The number of hydrogen-bond donors (Lipinski definition) is 6. The highest BCUT2D eigenvalue weighted by molar-refractivity contribution is 8.76. The Hall–Kier alpha value is -2.98. The predicted molar refractivity (Wildman–Crippen MR) is 128 cm³/mol. The van der Waals surface area contributed by atoms with Crippen molar-refractivity contribution >= 4 is 57.3 Å². The Morgan fingerprint density at radius 2 is 0.950 bits per heavy atom. The lowest BCUT2D eigenvalue weighted by molar-refractivity contribution is -0.193. The minimum Gasteiger partial charge on any atom is -0.475 e. The Labute approximate surface area is 230 Å². The maximum Gasteiger partial charge on any atom is 0.490 e. The first-order valence-electron chi connectivity index (χ1n) is 10.3. The molecule has 0 bridgehead atoms. The fourth-order valence-electron chi connectivity index (χ4n) is 1.38. The highest BCUT2D eigenvalue weighted by atomic mass is 33.1. The van der Waals surface area contributed by atoms with Crippen LogP contribution in [-0.4, -0.2) is 108 Å². The van der Waals surface area contributed by atoms with E-state index < -0.39 is 48.3 Å². The molecule has 234 valence electrons. The normalized spacial score (nSPS) is 12.2. The molecule has 2 amide bonds. The summed E-state index contributed by atoms with van der Waals surface area (Å²) in [5.74, 6) is -5.95. The number of amides is 2. The van der Waals surface area contributed by atoms with Gasteiger partial charge >= 0.3 is 36.2 Å². The smallest absolute Gasteiger partial charge is 0.475 e. The third-order valence-electron chi connectivity index (χ3n) is 3.14. The second-order valence-corrected chi connectivity index (χ2v) is 9.35. The van der Waals surface area contributed by atoms with E-state index in [0.717, 1.165) is 0 Å². The Balaban J connectivity index is -0.000000795. The molecule has 0 unspecified atom stereocenters. The van der Waals surface area contributed by atoms with E-state index in [9.17, 15) is 45.5 Å². The SMILES string of the molecule is CC(=O)OC[C@H](N)C(=O)NCCSSCCNC(=O)[C@@H](N)COC(C)=O.O=C(O)C(F)(F)F.O=C(O)C(F)(F)F. The Morgan fingerprint density at radius 1 is 0.700 bits per heavy atom. The van der Waals surface area contributed by atoms with Gasteiger partial charge in [-0.2, -0.15) is 26.3 Å². The van der Waals surface area contributed by atoms with Crippen molar-refractivity contribution in [3.63, 3.8) is 0 Å². The van der Waals surface area contributed by atoms with Crippen LogP contribution in [0.25, 0.3) is 0 Å². The third kappa shape index (κ3) is 28.0. The number of alkyl halides is 6. The summed E-state index contributed by atoms with van der Waals surface area (Å²) in [6.07, 6.45) is -10.2. The predicted octanol–water partition coefficient (Wildman–Crippen LogP) is -0.352. The minimum atomic E-state index is -5.08. The van der Waals surface area contributed by atoms with E-state index in [1.54, 1.807) is 0 Å². The molecule has 0 rings (SSSR count). The van der Waals surface area contributed by atoms with Gasteiger partial charge in [-0.25, -0.2) is 9.59 Å². The van der Waals surface area contributed by atoms with Gasteiger partial charge in [-0.15, -0.1) is 0 Å². The van der Waals surface area contributed by atoms with Crippen LogP contribution >= 0.6 is 21.6 Å². The van der Waals surface area contributed by atoms with E-state index in [2.05, 4.69) is 20.1 Å². The topological polar surface area (TPSA) is 237 Å². The number of rotatable bonds is 13. The number of nitrogens with two attached hydrogens (primary N) is 2. The molecule has 0 aliphatic rings. The highest BCUT2D eigenvalue weighted by Gasteiger charge is 2.38. The maximum atomic E-state index is 11.6. The van der Waals surface area contributed by atoms with Gasteiger partial charge < -0.3 is 41.8 Å². The highest BCUT2D eigenvalue weighted by Crippen LogP contribution is 2.19. The van der Waals surface area contributed by atoms with Crippen molar-refractivity contribution in [2.45, 2.75) is 38.3 Å². The number of carbonyl (C=O) groups excluding carboxylic acids is 4. The molecule has 0 aromatic rings. The van der Waals surface area contributed by atoms with Crippen molar-refractivity contribution in [1.29, 1.82) is 0 Å². The van der Waals surface area contributed by atoms with Gasteiger partial charge in [0.05, 0.1) is 0 Å². The Bertz CT molecular complexity index is 768. The molecule has 0 aromatic carbocycles. The van der Waals surface area contributed by atoms with Crippen LogP contribution in [0.2, 0.25) is 0 Å². The Kier molecular flexibility index (Phi) is 22.6. The van der Waals surface area contributed by atoms with Crippen LogP contribution in [0.15, 0.2) is 0 Å². The average Bonchev–Trinajstić information content (AvgIpc) is 2.81. The molecule has 40 heavy (non-hydrogen) atoms. The van der Waals surface area contributed by atoms with Gasteiger partial charge in [0.15, 0.2) is 0 Å². The van der Waals surface area contributed by atoms with Crippen molar-refractivity contribution < 1.29 is 74.8 Å². The molecule has 0 fully saturated rings. The second-order valence-electron chi connectivity index (χ2n) is 6.65. The van der Waals surface area contributed by atoms with Gasteiger partial charge in [0.1, 0.15) is 25.3 Å². The van der Waals surface area contributed by atoms with Gasteiger partial charge in [0.2, 0.25) is 11.8 Å². The van der Waals surface area contributed by atoms with E-state index in [1.807, 2.05) is 0 Å². The number of ether oxygens (including phenoxy) is 2. The summed E-state index contributed by atoms with van der Waals surface area (Å²) >= 11 is 0. The summed E-state index contributed by atoms with van der Waals surface area (Å²) in [7, 11) is 3.05. The number of carbonyl (C=O) groups is 6. The summed E-state index contributed by atoms with van der Waals surface area (Å²) in [5, 5.41) is 19.5. The number of halogens is 6. The molecule has 22 heteroatoms. The first-order chi connectivity index (χ1) is 18.1. The standard InChI is InChI=1S/C14H26N4O6S2.2C2HF3O2/c1-9(19)23-7-11(15)13(21)17-3-5-25-26-6-4-18-14(22)12(16)8-24-10(2)20;2*3-2(4,5)1(6)7/h11-12H,3-8,15-16H2,1-2H3,(H,17,21)(H,18,22);2*(H,6,7)/t11-,12-;;/m0../s1. The van der Waals surface area contributed by atoms with Crippen LogP contribution in [0.5, 0.6) is 0 Å². The number of carboxylic acids is 2. The molecule has 0 aliphatic heterocycles. The number of esters is 2. The number of carboxylic acid groups (broad SMARTS) is 2. The van der Waals surface area contributed by atoms with Crippen LogP contribution in [0, 0.1) is 0 Å². The molecule has 0 spiro atoms. The van der Waals surface area contributed by atoms with Gasteiger partial charge in [0, 0.05) is 38.4 Å². The van der Waals surface area contributed by atoms with Crippen LogP contribution in [0.1, 0.15) is 13.8 Å². The van der Waals surface area contributed by atoms with E-state index in [1.165, 1.54) is 35.4 Å². The number of hydrogen-bond acceptors (Lipinski definition) is 12. The van der Waals surface area contributed by atoms with Crippen molar-refractivity contribution in [2.24, 2.45) is 11.5 Å². The summed E-state index contributed by atoms with van der Waals surface area (Å²) in [4.78, 5) is 62.2. The first-order valence-corrected chi connectivity index (χ1v) is 12.8. The zero-order chi connectivity index (χ0) is 32.1. The third-order valence-corrected chi connectivity index (χ3v) is 5.55. The van der Waals surface area contributed by atoms with Gasteiger partial charge in [-0.05, 0) is 0 Å². The molecule has 0 saturated carbocycles. The zero-order valence-corrected chi connectivity index (χ0v) is 22.4. The van der Waals surface area contributed by atoms with Gasteiger partial charge in [0.25, 0.3) is 0 Å². The molecular weight excluding hydrogens is 610 g/mol. The van der Waals surface area contributed by atoms with Crippen molar-refractivity contribution in [2.75, 3.05) is 37.8 Å². The van der Waals surface area contributed by atoms with Crippen LogP contribution in [0.4, 0.5) is 26.3 Å². The molecule has 2 atom stereocenters. The quantitative estimate of drug-likeness (QED) is 0.0655. The van der Waals surface area contributed by atoms with E-state index >= 15 is 0 Å². The van der Waals surface area contributed by atoms with Gasteiger partial charge in [-0.1, -0.05) is 21.6 Å². The number of nitrogens with one attached hydrogen (secondary N) is 2. The second kappa shape index (κ2) is 21.8. The fourth-order valence-corrected chi connectivity index (χ4v) is 3.19. The lowest BCUT2D eigenvalue weighted by Crippen LogP contribution is -2.44. The minimum absolute atomic E-state index is 0.150. The first kappa shape index (κ1) is 41.5. The largest absolute Gasteiger partial charge is 0.490 e. The van der Waals surface area contributed by atoms with Crippen molar-refractivity contribution in [1.82, 2.24) is 10.6 Å². The lowest BCUT2D eigenvalue weighted by Gasteiger charge is -2.12. The molecule has 8 N–H and O–H groups in total. The van der Waals surface area contributed by atoms with Gasteiger partial charge in [-0.3, -0.25) is 19.2 Å². The van der Waals surface area contributed by atoms with Crippen molar-refractivity contribution in [3.8, 4) is 0 Å². The molecule has 0 heterocycles. The molecule has 0 saturated heterocycles. The van der Waals surface area contributed by atoms with E-state index in [0.29, 0.717) is 24.6 Å². The van der Waals surface area contributed by atoms with Crippen LogP contribution in [0.3, 0.4) is 0 Å². The maximum absolute atomic E-state index is 11.6. The molecule has 14 nitrogen and oxygen atoms in total. The molecular formula is C18H28F6N4O10S2. The summed E-state index contributed by atoms with van der Waals surface area (Å²) in [5.41, 5.74) is 11.1. The summed E-state index contributed by atoms with van der Waals surface area (Å²) in [6.45, 7) is 3.03. The Morgan fingerprint density at radius 3 is 1.15 bits per heavy atom. The molecule has 0 aliphatic carbocycles. The summed E-state index contributed by atoms with van der Waals surface area (Å²) in [6, 6.07) is -1.77. The fraction of sp³-hybridized carbons (Fsp3) is 0.667. The molecule has 0 aromatic heterocycles. The van der Waals surface area contributed by atoms with E-state index in [4.69, 9.17) is 31.3 Å². The van der Waals surface area contributed by atoms with Crippen LogP contribution < -0.4 is 22.1 Å². The number of aliphatic carboxylic acids is 2. The monoisotopic (exact) mass is 638 g/mol. The lowest BCUT2D eigenvalue weighted by atomic mass is 10.3. The van der Waals surface area contributed by atoms with Crippen molar-refractivity contribution in [3.05, 3.63) is 0 Å². The summed E-state index contributed by atoms with van der Waals surface area (Å²) < 4.78 is 72.8. The molecule has 0 radical (unpaired) electrons. The van der Waals surface area contributed by atoms with E-state index in [-0.39, 0.29) is 25.0 Å².